The molecule has 0 radical (unpaired) electrons. The highest BCUT2D eigenvalue weighted by Crippen LogP contribution is 2.37. The number of carbonyl (C=O) groups excluding carboxylic acids is 5. The molecule has 1 saturated heterocycles. The van der Waals surface area contributed by atoms with Crippen molar-refractivity contribution in [3.05, 3.63) is 51.5 Å². The molecule has 1 aliphatic rings. The topological polar surface area (TPSA) is 120 Å². The second-order valence-corrected chi connectivity index (χ2v) is 8.32. The summed E-state index contributed by atoms with van der Waals surface area (Å²) >= 11 is 12.1. The van der Waals surface area contributed by atoms with Crippen molar-refractivity contribution in [1.82, 2.24) is 4.90 Å². The molecular weight excluding hydrogens is 503 g/mol. The van der Waals surface area contributed by atoms with Crippen molar-refractivity contribution in [2.75, 3.05) is 25.1 Å². The summed E-state index contributed by atoms with van der Waals surface area (Å²) in [6.07, 6.45) is 0. The highest BCUT2D eigenvalue weighted by Gasteiger charge is 2.34. The smallest absolute Gasteiger partial charge is 0.341 e. The molecule has 2 aromatic rings. The molecule has 0 bridgehead atoms. The monoisotopic (exact) mass is 522 g/mol. The zero-order valence-corrected chi connectivity index (χ0v) is 20.4. The average molecular weight is 523 g/mol. The molecule has 0 unspecified atom stereocenters. The van der Waals surface area contributed by atoms with Crippen LogP contribution in [0.4, 0.5) is 5.69 Å². The molecule has 184 valence electrons. The Balaban J connectivity index is 1.94. The largest absolute Gasteiger partial charge is 0.465 e. The summed E-state index contributed by atoms with van der Waals surface area (Å²) in [6.45, 7) is 1.85. The van der Waals surface area contributed by atoms with Crippen molar-refractivity contribution in [3.63, 3.8) is 0 Å². The Kier molecular flexibility index (Phi) is 8.11. The lowest BCUT2D eigenvalue weighted by atomic mass is 10.1. The van der Waals surface area contributed by atoms with Crippen LogP contribution in [0.25, 0.3) is 0 Å². The zero-order chi connectivity index (χ0) is 25.9. The van der Waals surface area contributed by atoms with Gasteiger partial charge in [-0.2, -0.15) is 0 Å². The van der Waals surface area contributed by atoms with Gasteiger partial charge in [-0.15, -0.1) is 0 Å². The number of ether oxygens (including phenoxy) is 3. The van der Waals surface area contributed by atoms with Crippen molar-refractivity contribution < 1.29 is 38.2 Å². The number of carbonyl (C=O) groups is 5. The minimum absolute atomic E-state index is 0.0437. The van der Waals surface area contributed by atoms with Gasteiger partial charge in [0.25, 0.3) is 0 Å². The van der Waals surface area contributed by atoms with E-state index >= 15 is 0 Å². The lowest BCUT2D eigenvalue weighted by Crippen LogP contribution is -2.54. The number of anilines is 1. The average Bonchev–Trinajstić information content (AvgIpc) is 2.76. The first-order valence-electron chi connectivity index (χ1n) is 10.2. The molecule has 0 atom stereocenters. The van der Waals surface area contributed by atoms with Crippen molar-refractivity contribution >= 4 is 58.6 Å². The minimum atomic E-state index is -0.819. The fraction of sp³-hybridized carbons (Fsp3) is 0.261. The first-order chi connectivity index (χ1) is 16.5. The standard InChI is InChI=1S/C23H20Cl2N2O8/c1-12(28)34-21-14(4-6-16(23(32)33-3)22(21)35-13(2)29)9-26-10-19(30)27(20(31)11-26)18-7-5-15(24)8-17(18)25/h4-8H,9-11H2,1-3H3. The zero-order valence-electron chi connectivity index (χ0n) is 18.9. The van der Waals surface area contributed by atoms with E-state index < -0.39 is 29.7 Å². The quantitative estimate of drug-likeness (QED) is 0.320. The molecule has 0 spiro atoms. The van der Waals surface area contributed by atoms with Crippen LogP contribution in [0.2, 0.25) is 10.0 Å². The van der Waals surface area contributed by atoms with Gasteiger partial charge in [0.1, 0.15) is 5.56 Å². The van der Waals surface area contributed by atoms with E-state index in [1.54, 1.807) is 0 Å². The van der Waals surface area contributed by atoms with Crippen LogP contribution < -0.4 is 14.4 Å². The number of rotatable bonds is 6. The van der Waals surface area contributed by atoms with Crippen LogP contribution in [0.1, 0.15) is 29.8 Å². The maximum atomic E-state index is 12.9. The van der Waals surface area contributed by atoms with E-state index in [-0.39, 0.29) is 47.4 Å². The van der Waals surface area contributed by atoms with E-state index in [1.165, 1.54) is 35.2 Å². The number of hydrogen-bond acceptors (Lipinski definition) is 9. The molecule has 12 heteroatoms. The van der Waals surface area contributed by atoms with E-state index in [9.17, 15) is 24.0 Å². The summed E-state index contributed by atoms with van der Waals surface area (Å²) in [5, 5.41) is 0.503. The second-order valence-electron chi connectivity index (χ2n) is 7.47. The minimum Gasteiger partial charge on any atom is -0.465 e. The Bertz CT molecular complexity index is 1210. The Morgan fingerprint density at radius 2 is 1.51 bits per heavy atom. The van der Waals surface area contributed by atoms with Crippen LogP contribution in [0.5, 0.6) is 11.5 Å². The van der Waals surface area contributed by atoms with E-state index in [0.29, 0.717) is 10.6 Å². The summed E-state index contributed by atoms with van der Waals surface area (Å²) in [7, 11) is 1.14. The van der Waals surface area contributed by atoms with E-state index in [2.05, 4.69) is 0 Å². The van der Waals surface area contributed by atoms with Crippen LogP contribution in [0.3, 0.4) is 0 Å². The van der Waals surface area contributed by atoms with Gasteiger partial charge < -0.3 is 14.2 Å². The van der Waals surface area contributed by atoms with E-state index in [0.717, 1.165) is 25.9 Å². The second kappa shape index (κ2) is 10.9. The van der Waals surface area contributed by atoms with Crippen LogP contribution in [0, 0.1) is 0 Å². The van der Waals surface area contributed by atoms with Gasteiger partial charge in [0, 0.05) is 31.0 Å². The SMILES string of the molecule is COC(=O)c1ccc(CN2CC(=O)N(c3ccc(Cl)cc3Cl)C(=O)C2)c(OC(C)=O)c1OC(C)=O. The van der Waals surface area contributed by atoms with Gasteiger partial charge in [-0.25, -0.2) is 9.69 Å². The molecule has 2 amide bonds. The Hall–Kier alpha value is -3.47. The molecule has 35 heavy (non-hydrogen) atoms. The third-order valence-electron chi connectivity index (χ3n) is 4.85. The summed E-state index contributed by atoms with van der Waals surface area (Å²) in [4.78, 5) is 63.8. The lowest BCUT2D eigenvalue weighted by molar-refractivity contribution is -0.134. The number of piperazine rings is 1. The van der Waals surface area contributed by atoms with Gasteiger partial charge in [-0.1, -0.05) is 29.3 Å². The number of benzene rings is 2. The number of hydrogen-bond donors (Lipinski definition) is 0. The first kappa shape index (κ1) is 26.1. The molecule has 3 rings (SSSR count). The number of halogens is 2. The molecule has 0 N–H and O–H groups in total. The Labute approximate surface area is 210 Å². The lowest BCUT2D eigenvalue weighted by Gasteiger charge is -2.33. The molecule has 1 aliphatic heterocycles. The number of amides is 2. The van der Waals surface area contributed by atoms with Crippen LogP contribution in [-0.2, 0) is 30.5 Å². The number of imide groups is 1. The molecule has 0 saturated carbocycles. The predicted molar refractivity (Wildman–Crippen MR) is 125 cm³/mol. The van der Waals surface area contributed by atoms with Gasteiger partial charge in [-0.3, -0.25) is 24.1 Å². The molecule has 1 heterocycles. The van der Waals surface area contributed by atoms with Gasteiger partial charge in [-0.05, 0) is 24.3 Å². The summed E-state index contributed by atoms with van der Waals surface area (Å²) in [5.41, 5.74) is 0.366. The Morgan fingerprint density at radius 3 is 2.06 bits per heavy atom. The van der Waals surface area contributed by atoms with Crippen LogP contribution in [-0.4, -0.2) is 54.8 Å². The van der Waals surface area contributed by atoms with E-state index in [4.69, 9.17) is 37.4 Å². The maximum absolute atomic E-state index is 12.9. The molecule has 0 aliphatic carbocycles. The number of esters is 3. The fourth-order valence-electron chi connectivity index (χ4n) is 3.50. The molecule has 2 aromatic carbocycles. The summed E-state index contributed by atoms with van der Waals surface area (Å²) in [6, 6.07) is 7.21. The van der Waals surface area contributed by atoms with Gasteiger partial charge in [0.2, 0.25) is 11.8 Å². The van der Waals surface area contributed by atoms with Gasteiger partial charge in [0.15, 0.2) is 11.5 Å². The predicted octanol–water partition coefficient (Wildman–Crippen LogP) is 3.01. The van der Waals surface area contributed by atoms with Crippen LogP contribution in [0.15, 0.2) is 30.3 Å². The normalized spacial score (nSPS) is 14.0. The van der Waals surface area contributed by atoms with Gasteiger partial charge in [0.05, 0.1) is 30.9 Å². The molecule has 1 fully saturated rings. The van der Waals surface area contributed by atoms with Crippen molar-refractivity contribution in [2.24, 2.45) is 0 Å². The van der Waals surface area contributed by atoms with Crippen molar-refractivity contribution in [2.45, 2.75) is 20.4 Å². The highest BCUT2D eigenvalue weighted by atomic mass is 35.5. The summed E-state index contributed by atoms with van der Waals surface area (Å²) < 4.78 is 15.1. The van der Waals surface area contributed by atoms with E-state index in [1.807, 2.05) is 0 Å². The number of methoxy groups -OCH3 is 1. The summed E-state index contributed by atoms with van der Waals surface area (Å²) in [5.74, 6) is -3.90. The van der Waals surface area contributed by atoms with Crippen molar-refractivity contribution in [1.29, 1.82) is 0 Å². The third-order valence-corrected chi connectivity index (χ3v) is 5.39. The Morgan fingerprint density at radius 1 is 0.914 bits per heavy atom. The molecular formula is C23H20Cl2N2O8. The molecule has 10 nitrogen and oxygen atoms in total. The fourth-order valence-corrected chi connectivity index (χ4v) is 4.00. The first-order valence-corrected chi connectivity index (χ1v) is 10.9. The number of nitrogens with zero attached hydrogens (tertiary/aromatic N) is 2. The third kappa shape index (κ3) is 5.97. The van der Waals surface area contributed by atoms with Gasteiger partial charge >= 0.3 is 17.9 Å². The van der Waals surface area contributed by atoms with Crippen molar-refractivity contribution in [3.8, 4) is 11.5 Å². The van der Waals surface area contributed by atoms with Crippen LogP contribution >= 0.6 is 23.2 Å². The molecule has 0 aromatic heterocycles. The highest BCUT2D eigenvalue weighted by molar-refractivity contribution is 6.38. The maximum Gasteiger partial charge on any atom is 0.341 e.